The number of rotatable bonds is 3. The van der Waals surface area contributed by atoms with Crippen molar-refractivity contribution in [3.8, 4) is 28.3 Å². The molecule has 0 saturated carbocycles. The molecule has 0 bridgehead atoms. The minimum absolute atomic E-state index is 0.522. The number of benzene rings is 7. The molecule has 242 valence electrons. The summed E-state index contributed by atoms with van der Waals surface area (Å²) in [5, 5.41) is 8.25. The first kappa shape index (κ1) is 27.6. The zero-order valence-electron chi connectivity index (χ0n) is 27.5. The van der Waals surface area contributed by atoms with Gasteiger partial charge in [-0.2, -0.15) is 4.98 Å². The van der Waals surface area contributed by atoms with E-state index in [1.54, 1.807) is 0 Å². The van der Waals surface area contributed by atoms with Crippen molar-refractivity contribution in [2.24, 2.45) is 0 Å². The molecule has 0 radical (unpaired) electrons. The maximum atomic E-state index is 6.91. The lowest BCUT2D eigenvalue weighted by molar-refractivity contribution is 0.657. The van der Waals surface area contributed by atoms with E-state index in [9.17, 15) is 0 Å². The second-order valence-corrected chi connectivity index (χ2v) is 13.3. The molecule has 6 nitrogen and oxygen atoms in total. The molecule has 0 saturated heterocycles. The first-order chi connectivity index (χ1) is 25.8. The van der Waals surface area contributed by atoms with Crippen molar-refractivity contribution >= 4 is 87.8 Å². The second kappa shape index (κ2) is 10.2. The molecule has 0 amide bonds. The molecule has 0 aliphatic rings. The van der Waals surface area contributed by atoms with E-state index in [-0.39, 0.29) is 0 Å². The highest BCUT2D eigenvalue weighted by Crippen LogP contribution is 2.44. The summed E-state index contributed by atoms with van der Waals surface area (Å²) in [7, 11) is 0. The van der Waals surface area contributed by atoms with Crippen LogP contribution >= 0.6 is 0 Å². The molecule has 5 heterocycles. The third kappa shape index (κ3) is 3.78. The molecule has 5 aromatic heterocycles. The van der Waals surface area contributed by atoms with Gasteiger partial charge < -0.3 is 17.8 Å². The number of nitrogens with zero attached hydrogens (tertiary/aromatic N) is 3. The van der Waals surface area contributed by atoms with E-state index in [1.807, 2.05) is 48.5 Å². The number of aromatic nitrogens is 3. The van der Waals surface area contributed by atoms with Gasteiger partial charge >= 0.3 is 0 Å². The van der Waals surface area contributed by atoms with E-state index >= 15 is 0 Å². The van der Waals surface area contributed by atoms with Gasteiger partial charge in [0.1, 0.15) is 27.9 Å². The summed E-state index contributed by atoms with van der Waals surface area (Å²) in [6, 6.07) is 52.0. The maximum Gasteiger partial charge on any atom is 0.231 e. The van der Waals surface area contributed by atoms with Gasteiger partial charge in [0.15, 0.2) is 5.82 Å². The summed E-state index contributed by atoms with van der Waals surface area (Å²) in [6.07, 6.45) is 0. The van der Waals surface area contributed by atoms with Gasteiger partial charge in [-0.3, -0.25) is 0 Å². The largest absolute Gasteiger partial charge is 0.456 e. The monoisotopic (exact) mass is 667 g/mol. The molecule has 52 heavy (non-hydrogen) atoms. The predicted molar refractivity (Wildman–Crippen MR) is 209 cm³/mol. The standard InChI is InChI=1S/C46H25N3O3/c1-2-10-28(11-3-1)49-35-15-7-4-14-33(35)41-36(49)23-22-34-42-43(26-18-20-31-29-12-5-8-16-37(29)50-39(31)24-26)47-45(48-46(42)52-44(34)41)27-19-21-32-30-13-6-9-17-38(30)51-40(32)25-27/h1-25H. The summed E-state index contributed by atoms with van der Waals surface area (Å²) in [5.74, 6) is 0.552. The molecule has 0 aliphatic heterocycles. The van der Waals surface area contributed by atoms with Crippen molar-refractivity contribution in [3.05, 3.63) is 152 Å². The van der Waals surface area contributed by atoms with Gasteiger partial charge in [-0.05, 0) is 66.7 Å². The van der Waals surface area contributed by atoms with Crippen LogP contribution in [-0.2, 0) is 0 Å². The quantitative estimate of drug-likeness (QED) is 0.188. The van der Waals surface area contributed by atoms with Gasteiger partial charge in [-0.1, -0.05) is 84.9 Å². The minimum atomic E-state index is 0.522. The van der Waals surface area contributed by atoms with Crippen LogP contribution in [0.1, 0.15) is 0 Å². The number of furan rings is 3. The van der Waals surface area contributed by atoms with Crippen molar-refractivity contribution in [1.29, 1.82) is 0 Å². The molecule has 0 spiro atoms. The number of hydrogen-bond acceptors (Lipinski definition) is 5. The Kier molecular flexibility index (Phi) is 5.41. The smallest absolute Gasteiger partial charge is 0.231 e. The molecule has 0 N–H and O–H groups in total. The fraction of sp³-hybridized carbons (Fsp3) is 0. The Morgan fingerprint density at radius 3 is 1.75 bits per heavy atom. The third-order valence-electron chi connectivity index (χ3n) is 10.4. The van der Waals surface area contributed by atoms with Gasteiger partial charge in [-0.25, -0.2) is 4.98 Å². The first-order valence-electron chi connectivity index (χ1n) is 17.3. The molecule has 7 aromatic carbocycles. The Morgan fingerprint density at radius 1 is 0.404 bits per heavy atom. The Morgan fingerprint density at radius 2 is 1.00 bits per heavy atom. The van der Waals surface area contributed by atoms with Gasteiger partial charge in [-0.15, -0.1) is 0 Å². The van der Waals surface area contributed by atoms with Crippen LogP contribution in [0.25, 0.3) is 116 Å². The summed E-state index contributed by atoms with van der Waals surface area (Å²) in [5.41, 5.74) is 10.4. The van der Waals surface area contributed by atoms with Crippen molar-refractivity contribution in [2.45, 2.75) is 0 Å². The van der Waals surface area contributed by atoms with Crippen molar-refractivity contribution in [2.75, 3.05) is 0 Å². The number of para-hydroxylation sites is 4. The molecule has 12 aromatic rings. The van der Waals surface area contributed by atoms with Crippen LogP contribution in [0.3, 0.4) is 0 Å². The molecular formula is C46H25N3O3. The molecule has 0 atom stereocenters. The highest BCUT2D eigenvalue weighted by molar-refractivity contribution is 6.25. The minimum Gasteiger partial charge on any atom is -0.456 e. The van der Waals surface area contributed by atoms with E-state index < -0.39 is 0 Å². The van der Waals surface area contributed by atoms with Crippen LogP contribution < -0.4 is 0 Å². The lowest BCUT2D eigenvalue weighted by Gasteiger charge is -2.08. The summed E-state index contributed by atoms with van der Waals surface area (Å²) < 4.78 is 21.8. The fourth-order valence-electron chi connectivity index (χ4n) is 8.12. The zero-order valence-corrected chi connectivity index (χ0v) is 27.5. The van der Waals surface area contributed by atoms with Crippen molar-refractivity contribution < 1.29 is 13.3 Å². The van der Waals surface area contributed by atoms with Crippen molar-refractivity contribution in [1.82, 2.24) is 14.5 Å². The maximum absolute atomic E-state index is 6.91. The van der Waals surface area contributed by atoms with E-state index in [1.165, 1.54) is 0 Å². The molecule has 0 fully saturated rings. The predicted octanol–water partition coefficient (Wildman–Crippen LogP) is 12.6. The van der Waals surface area contributed by atoms with Gasteiger partial charge in [0, 0.05) is 49.1 Å². The first-order valence-corrected chi connectivity index (χ1v) is 17.3. The normalized spacial score (nSPS) is 12.2. The summed E-state index contributed by atoms with van der Waals surface area (Å²) >= 11 is 0. The van der Waals surface area contributed by atoms with E-state index in [2.05, 4.69) is 108 Å². The lowest BCUT2D eigenvalue weighted by Crippen LogP contribution is -1.94. The summed E-state index contributed by atoms with van der Waals surface area (Å²) in [4.78, 5) is 10.4. The Balaban J connectivity index is 1.17. The van der Waals surface area contributed by atoms with Crippen LogP contribution in [0.2, 0.25) is 0 Å². The second-order valence-electron chi connectivity index (χ2n) is 13.3. The average Bonchev–Trinajstić information content (AvgIpc) is 3.95. The van der Waals surface area contributed by atoms with Crippen LogP contribution in [0, 0.1) is 0 Å². The molecule has 0 unspecified atom stereocenters. The molecule has 0 aliphatic carbocycles. The third-order valence-corrected chi connectivity index (χ3v) is 10.4. The highest BCUT2D eigenvalue weighted by atomic mass is 16.3. The zero-order chi connectivity index (χ0) is 33.9. The van der Waals surface area contributed by atoms with Gasteiger partial charge in [0.05, 0.1) is 27.5 Å². The van der Waals surface area contributed by atoms with Gasteiger partial charge in [0.2, 0.25) is 5.71 Å². The summed E-state index contributed by atoms with van der Waals surface area (Å²) in [6.45, 7) is 0. The van der Waals surface area contributed by atoms with E-state index in [0.717, 1.165) is 105 Å². The highest BCUT2D eigenvalue weighted by Gasteiger charge is 2.24. The Bertz CT molecular complexity index is 3420. The molecular weight excluding hydrogens is 643 g/mol. The molecule has 12 rings (SSSR count). The van der Waals surface area contributed by atoms with Crippen LogP contribution in [0.15, 0.2) is 165 Å². The van der Waals surface area contributed by atoms with Crippen molar-refractivity contribution in [3.63, 3.8) is 0 Å². The Hall–Kier alpha value is -7.18. The fourth-order valence-corrected chi connectivity index (χ4v) is 8.12. The van der Waals surface area contributed by atoms with E-state index in [4.69, 9.17) is 23.2 Å². The number of hydrogen-bond donors (Lipinski definition) is 0. The van der Waals surface area contributed by atoms with Crippen LogP contribution in [-0.4, -0.2) is 14.5 Å². The topological polar surface area (TPSA) is 70.1 Å². The average molecular weight is 668 g/mol. The lowest BCUT2D eigenvalue weighted by atomic mass is 10.0. The van der Waals surface area contributed by atoms with Crippen LogP contribution in [0.5, 0.6) is 0 Å². The number of fused-ring (bicyclic) bond motifs is 13. The Labute approximate surface area is 294 Å². The molecule has 6 heteroatoms. The van der Waals surface area contributed by atoms with Gasteiger partial charge in [0.25, 0.3) is 0 Å². The van der Waals surface area contributed by atoms with E-state index in [0.29, 0.717) is 11.5 Å². The van der Waals surface area contributed by atoms with Crippen LogP contribution in [0.4, 0.5) is 0 Å². The SMILES string of the molecule is c1ccc(-n2c3ccccc3c3c4oc5nc(-c6ccc7c(c6)oc6ccccc67)nc(-c6ccc7c(c6)oc6ccccc67)c5c4ccc32)cc1.